The van der Waals surface area contributed by atoms with E-state index in [0.29, 0.717) is 24.3 Å². The molecule has 166 valence electrons. The molecule has 0 N–H and O–H groups in total. The molecule has 0 fully saturated rings. The molecule has 0 unspecified atom stereocenters. The van der Waals surface area contributed by atoms with Crippen LogP contribution in [0.2, 0.25) is 0 Å². The third-order valence-corrected chi connectivity index (χ3v) is 7.30. The molecule has 1 aliphatic heterocycles. The van der Waals surface area contributed by atoms with Crippen LogP contribution >= 0.6 is 0 Å². The molecule has 0 amide bonds. The van der Waals surface area contributed by atoms with Crippen LogP contribution in [0.15, 0.2) is 72.8 Å². The van der Waals surface area contributed by atoms with Gasteiger partial charge in [-0.2, -0.15) is 0 Å². The van der Waals surface area contributed by atoms with E-state index in [1.165, 1.54) is 11.3 Å². The van der Waals surface area contributed by atoms with Crippen LogP contribution < -0.4 is 9.47 Å². The Morgan fingerprint density at radius 1 is 1.09 bits per heavy atom. The zero-order valence-electron chi connectivity index (χ0n) is 18.4. The van der Waals surface area contributed by atoms with Gasteiger partial charge in [0.15, 0.2) is 18.1 Å². The van der Waals surface area contributed by atoms with Gasteiger partial charge in [0.2, 0.25) is 0 Å². The Bertz CT molecular complexity index is 1380. The van der Waals surface area contributed by atoms with E-state index in [4.69, 9.17) is 9.47 Å². The Kier molecular flexibility index (Phi) is 4.43. The summed E-state index contributed by atoms with van der Waals surface area (Å²) >= 11 is 0. The second-order valence-corrected chi connectivity index (χ2v) is 8.91. The number of rotatable bonds is 4. The lowest BCUT2D eigenvalue weighted by molar-refractivity contribution is -0.579. The van der Waals surface area contributed by atoms with E-state index in [9.17, 15) is 10.1 Å². The molecule has 33 heavy (non-hydrogen) atoms. The van der Waals surface area contributed by atoms with E-state index in [2.05, 4.69) is 28.8 Å². The number of benzene rings is 3. The molecule has 0 spiro atoms. The molecule has 2 atom stereocenters. The van der Waals surface area contributed by atoms with Gasteiger partial charge >= 0.3 is 0 Å². The van der Waals surface area contributed by atoms with Gasteiger partial charge in [-0.15, -0.1) is 0 Å². The van der Waals surface area contributed by atoms with Crippen molar-refractivity contribution in [1.82, 2.24) is 4.57 Å². The van der Waals surface area contributed by atoms with Crippen LogP contribution in [0.25, 0.3) is 10.9 Å². The van der Waals surface area contributed by atoms with Crippen LogP contribution in [0.5, 0.6) is 11.5 Å². The van der Waals surface area contributed by atoms with Crippen LogP contribution in [0.4, 0.5) is 0 Å². The molecule has 0 radical (unpaired) electrons. The first kappa shape index (κ1) is 19.9. The van der Waals surface area contributed by atoms with Crippen LogP contribution in [-0.4, -0.2) is 28.7 Å². The van der Waals surface area contributed by atoms with Crippen molar-refractivity contribution in [2.45, 2.75) is 30.8 Å². The van der Waals surface area contributed by atoms with Crippen LogP contribution in [-0.2, 0) is 13.0 Å². The van der Waals surface area contributed by atoms with Crippen molar-refractivity contribution in [3.8, 4) is 11.5 Å². The molecule has 0 bridgehead atoms. The average molecular weight is 440 g/mol. The summed E-state index contributed by atoms with van der Waals surface area (Å²) in [6.07, 6.45) is 1.07. The number of hydrogen-bond donors (Lipinski definition) is 0. The van der Waals surface area contributed by atoms with Gasteiger partial charge < -0.3 is 14.0 Å². The van der Waals surface area contributed by atoms with E-state index in [1.54, 1.807) is 7.11 Å². The first-order valence-corrected chi connectivity index (χ1v) is 11.2. The summed E-state index contributed by atoms with van der Waals surface area (Å²) in [7, 11) is 1.60. The summed E-state index contributed by atoms with van der Waals surface area (Å²) in [5.74, 6) is 0.830. The van der Waals surface area contributed by atoms with Gasteiger partial charge in [-0.25, -0.2) is 0 Å². The topological polar surface area (TPSA) is 66.5 Å². The van der Waals surface area contributed by atoms with Crippen molar-refractivity contribution in [3.05, 3.63) is 105 Å². The second-order valence-electron chi connectivity index (χ2n) is 8.91. The molecule has 6 rings (SSSR count). The fourth-order valence-corrected chi connectivity index (χ4v) is 5.79. The van der Waals surface area contributed by atoms with Crippen molar-refractivity contribution >= 4 is 10.9 Å². The van der Waals surface area contributed by atoms with Gasteiger partial charge in [0.05, 0.1) is 13.0 Å². The quantitative estimate of drug-likeness (QED) is 0.324. The van der Waals surface area contributed by atoms with Crippen LogP contribution in [0, 0.1) is 10.1 Å². The number of para-hydroxylation sites is 2. The molecular formula is C27H24N2O4. The SMILES string of the molecule is COc1cccc2c1OC[C@]1([N+](=O)[O-])CCc3c(c4ccccc4n3Cc3ccccc3)[C@H]21. The number of nitro groups is 1. The molecule has 1 aromatic heterocycles. The molecule has 0 saturated carbocycles. The van der Waals surface area contributed by atoms with Crippen LogP contribution in [0.3, 0.4) is 0 Å². The molecule has 3 aromatic carbocycles. The Labute approximate surface area is 191 Å². The highest BCUT2D eigenvalue weighted by atomic mass is 16.6. The summed E-state index contributed by atoms with van der Waals surface area (Å²) < 4.78 is 13.9. The Hall–Kier alpha value is -3.80. The Morgan fingerprint density at radius 3 is 2.67 bits per heavy atom. The third-order valence-electron chi connectivity index (χ3n) is 7.30. The average Bonchev–Trinajstić information content (AvgIpc) is 3.17. The van der Waals surface area contributed by atoms with Gasteiger partial charge in [-0.3, -0.25) is 10.1 Å². The van der Waals surface area contributed by atoms with Gasteiger partial charge in [0.1, 0.15) is 0 Å². The summed E-state index contributed by atoms with van der Waals surface area (Å²) in [5.41, 5.74) is 4.19. The number of hydrogen-bond acceptors (Lipinski definition) is 4. The van der Waals surface area contributed by atoms with Crippen molar-refractivity contribution in [3.63, 3.8) is 0 Å². The number of fused-ring (bicyclic) bond motifs is 7. The maximum absolute atomic E-state index is 12.6. The number of ether oxygens (including phenoxy) is 2. The molecule has 6 heteroatoms. The van der Waals surface area contributed by atoms with Gasteiger partial charge in [0.25, 0.3) is 5.54 Å². The zero-order valence-corrected chi connectivity index (χ0v) is 18.4. The maximum Gasteiger partial charge on any atom is 0.266 e. The van der Waals surface area contributed by atoms with Gasteiger partial charge in [0, 0.05) is 40.0 Å². The first-order valence-electron chi connectivity index (χ1n) is 11.2. The van der Waals surface area contributed by atoms with E-state index in [1.807, 2.05) is 48.5 Å². The maximum atomic E-state index is 12.6. The fraction of sp³-hybridized carbons (Fsp3) is 0.259. The largest absolute Gasteiger partial charge is 0.493 e. The standard InChI is InChI=1S/C27H24N2O4/c1-32-23-13-7-11-20-25-24-19-10-5-6-12-21(19)28(16-18-8-3-2-4-9-18)22(24)14-15-27(25,29(30)31)17-33-26(20)23/h2-13,25H,14-17H2,1H3/t25-,27+/m0/s1. The van der Waals surface area contributed by atoms with Crippen molar-refractivity contribution in [1.29, 1.82) is 0 Å². The monoisotopic (exact) mass is 440 g/mol. The van der Waals surface area contributed by atoms with Gasteiger partial charge in [-0.05, 0) is 29.7 Å². The van der Waals surface area contributed by atoms with E-state index in [0.717, 1.165) is 28.6 Å². The highest BCUT2D eigenvalue weighted by molar-refractivity contribution is 5.88. The highest BCUT2D eigenvalue weighted by Gasteiger charge is 2.59. The lowest BCUT2D eigenvalue weighted by Gasteiger charge is -2.41. The minimum absolute atomic E-state index is 0.0374. The molecule has 0 saturated heterocycles. The third kappa shape index (κ3) is 2.80. The van der Waals surface area contributed by atoms with Gasteiger partial charge in [-0.1, -0.05) is 60.7 Å². The molecule has 2 heterocycles. The number of aromatic nitrogens is 1. The zero-order chi connectivity index (χ0) is 22.6. The van der Waals surface area contributed by atoms with E-state index < -0.39 is 11.5 Å². The van der Waals surface area contributed by atoms with Crippen LogP contribution in [0.1, 0.15) is 34.7 Å². The Balaban J connectivity index is 1.64. The van der Waals surface area contributed by atoms with E-state index in [-0.39, 0.29) is 11.5 Å². The summed E-state index contributed by atoms with van der Waals surface area (Å²) in [5, 5.41) is 13.7. The predicted octanol–water partition coefficient (Wildman–Crippen LogP) is 5.18. The van der Waals surface area contributed by atoms with Crippen molar-refractivity contribution in [2.75, 3.05) is 13.7 Å². The normalized spacial score (nSPS) is 20.9. The number of nitrogens with zero attached hydrogens (tertiary/aromatic N) is 2. The lowest BCUT2D eigenvalue weighted by Crippen LogP contribution is -2.54. The Morgan fingerprint density at radius 2 is 1.88 bits per heavy atom. The molecule has 2 aliphatic rings. The summed E-state index contributed by atoms with van der Waals surface area (Å²) in [6, 6.07) is 24.3. The lowest BCUT2D eigenvalue weighted by atomic mass is 9.67. The minimum atomic E-state index is -1.20. The molecule has 6 nitrogen and oxygen atoms in total. The number of methoxy groups -OCH3 is 1. The fourth-order valence-electron chi connectivity index (χ4n) is 5.79. The van der Waals surface area contributed by atoms with Crippen molar-refractivity contribution < 1.29 is 14.4 Å². The molecular weight excluding hydrogens is 416 g/mol. The van der Waals surface area contributed by atoms with Crippen molar-refractivity contribution in [2.24, 2.45) is 0 Å². The molecule has 1 aliphatic carbocycles. The summed E-state index contributed by atoms with van der Waals surface area (Å²) in [4.78, 5) is 12.5. The smallest absolute Gasteiger partial charge is 0.266 e. The van der Waals surface area contributed by atoms with E-state index >= 15 is 0 Å². The predicted molar refractivity (Wildman–Crippen MR) is 126 cm³/mol. The highest BCUT2D eigenvalue weighted by Crippen LogP contribution is 2.55. The summed E-state index contributed by atoms with van der Waals surface area (Å²) in [6.45, 7) is 0.770. The second kappa shape index (κ2) is 7.37. The first-order chi connectivity index (χ1) is 16.1. The molecule has 4 aromatic rings. The minimum Gasteiger partial charge on any atom is -0.493 e.